The number of aliphatic hydroxyl groups excluding tert-OH is 1. The molecule has 3 rings (SSSR count). The first-order chi connectivity index (χ1) is 8.70. The molecule has 2 heterocycles. The van der Waals surface area contributed by atoms with Crippen LogP contribution >= 0.6 is 0 Å². The molecule has 0 spiro atoms. The summed E-state index contributed by atoms with van der Waals surface area (Å²) in [6, 6.07) is 8.04. The first kappa shape index (κ1) is 11.3. The van der Waals surface area contributed by atoms with E-state index in [-0.39, 0.29) is 18.6 Å². The molecule has 18 heavy (non-hydrogen) atoms. The van der Waals surface area contributed by atoms with Crippen molar-refractivity contribution in [1.29, 1.82) is 0 Å². The summed E-state index contributed by atoms with van der Waals surface area (Å²) in [5.74, 6) is 0.0124. The molecule has 1 aliphatic rings. The fraction of sp³-hybridized carbons (Fsp3) is 0.357. The van der Waals surface area contributed by atoms with Gasteiger partial charge in [0.25, 0.3) is 0 Å². The fourth-order valence-electron chi connectivity index (χ4n) is 2.80. The zero-order valence-electron chi connectivity index (χ0n) is 10.3. The number of fused-ring (bicyclic) bond motifs is 3. The molecule has 1 aromatic heterocycles. The molecule has 0 saturated carbocycles. The van der Waals surface area contributed by atoms with Crippen molar-refractivity contribution >= 4 is 16.8 Å². The first-order valence-corrected chi connectivity index (χ1v) is 6.17. The largest absolute Gasteiger partial charge is 0.394 e. The van der Waals surface area contributed by atoms with Gasteiger partial charge in [0, 0.05) is 23.5 Å². The minimum Gasteiger partial charge on any atom is -0.394 e. The van der Waals surface area contributed by atoms with E-state index in [1.807, 2.05) is 18.2 Å². The van der Waals surface area contributed by atoms with Crippen LogP contribution in [0.15, 0.2) is 24.3 Å². The van der Waals surface area contributed by atoms with Gasteiger partial charge in [-0.2, -0.15) is 0 Å². The third-order valence-corrected chi connectivity index (χ3v) is 3.73. The Kier molecular flexibility index (Phi) is 2.59. The van der Waals surface area contributed by atoms with E-state index < -0.39 is 0 Å². The summed E-state index contributed by atoms with van der Waals surface area (Å²) in [5, 5.41) is 10.6. The highest BCUT2D eigenvalue weighted by Crippen LogP contribution is 2.29. The number of rotatable bonds is 1. The number of hydrogen-bond acceptors (Lipinski definition) is 2. The van der Waals surface area contributed by atoms with Crippen molar-refractivity contribution in [2.45, 2.75) is 25.9 Å². The van der Waals surface area contributed by atoms with Gasteiger partial charge < -0.3 is 15.0 Å². The maximum Gasteiger partial charge on any atom is 0.220 e. The molecule has 1 unspecified atom stereocenters. The molecule has 1 amide bonds. The number of H-pyrrole nitrogens is 1. The van der Waals surface area contributed by atoms with Crippen LogP contribution in [0.1, 0.15) is 18.2 Å². The van der Waals surface area contributed by atoms with E-state index in [0.717, 1.165) is 17.6 Å². The summed E-state index contributed by atoms with van der Waals surface area (Å²) >= 11 is 0. The lowest BCUT2D eigenvalue weighted by Gasteiger charge is -2.33. The van der Waals surface area contributed by atoms with Crippen LogP contribution in [0.2, 0.25) is 0 Å². The van der Waals surface area contributed by atoms with Gasteiger partial charge in [-0.05, 0) is 18.1 Å². The topological polar surface area (TPSA) is 56.3 Å². The zero-order chi connectivity index (χ0) is 12.7. The van der Waals surface area contributed by atoms with Gasteiger partial charge in [0.2, 0.25) is 5.91 Å². The van der Waals surface area contributed by atoms with Crippen LogP contribution in [0, 0.1) is 0 Å². The van der Waals surface area contributed by atoms with E-state index in [0.29, 0.717) is 6.54 Å². The third kappa shape index (κ3) is 1.61. The van der Waals surface area contributed by atoms with E-state index in [1.54, 1.807) is 11.8 Å². The number of benzene rings is 1. The van der Waals surface area contributed by atoms with Crippen molar-refractivity contribution in [2.75, 3.05) is 6.61 Å². The molecule has 4 heteroatoms. The monoisotopic (exact) mass is 244 g/mol. The van der Waals surface area contributed by atoms with Crippen LogP contribution in [0.5, 0.6) is 0 Å². The van der Waals surface area contributed by atoms with Crippen molar-refractivity contribution in [2.24, 2.45) is 0 Å². The van der Waals surface area contributed by atoms with E-state index in [9.17, 15) is 9.90 Å². The highest BCUT2D eigenvalue weighted by atomic mass is 16.3. The molecule has 0 fully saturated rings. The van der Waals surface area contributed by atoms with Crippen molar-refractivity contribution < 1.29 is 9.90 Å². The molecular weight excluding hydrogens is 228 g/mol. The number of amides is 1. The second-order valence-electron chi connectivity index (χ2n) is 4.82. The smallest absolute Gasteiger partial charge is 0.220 e. The molecule has 0 aliphatic carbocycles. The van der Waals surface area contributed by atoms with Crippen molar-refractivity contribution in [1.82, 2.24) is 9.88 Å². The summed E-state index contributed by atoms with van der Waals surface area (Å²) in [4.78, 5) is 16.7. The minimum absolute atomic E-state index is 0.0124. The van der Waals surface area contributed by atoms with Gasteiger partial charge in [-0.15, -0.1) is 0 Å². The van der Waals surface area contributed by atoms with Crippen LogP contribution in [0.4, 0.5) is 0 Å². The number of aromatic nitrogens is 1. The van der Waals surface area contributed by atoms with Gasteiger partial charge in [-0.3, -0.25) is 4.79 Å². The lowest BCUT2D eigenvalue weighted by Crippen LogP contribution is -2.45. The van der Waals surface area contributed by atoms with Gasteiger partial charge in [0.15, 0.2) is 0 Å². The van der Waals surface area contributed by atoms with Crippen LogP contribution < -0.4 is 0 Å². The van der Waals surface area contributed by atoms with Crippen LogP contribution in [0.25, 0.3) is 10.9 Å². The number of para-hydroxylation sites is 1. The van der Waals surface area contributed by atoms with E-state index in [2.05, 4.69) is 11.1 Å². The summed E-state index contributed by atoms with van der Waals surface area (Å²) in [7, 11) is 0. The Balaban J connectivity index is 2.09. The van der Waals surface area contributed by atoms with E-state index in [1.165, 1.54) is 10.9 Å². The summed E-state index contributed by atoms with van der Waals surface area (Å²) in [6.07, 6.45) is 0.718. The Morgan fingerprint density at radius 1 is 1.50 bits per heavy atom. The average Bonchev–Trinajstić information content (AvgIpc) is 2.74. The Bertz CT molecular complexity index is 603. The number of nitrogens with one attached hydrogen (secondary N) is 1. The Morgan fingerprint density at radius 2 is 2.28 bits per heavy atom. The molecule has 2 N–H and O–H groups in total. The summed E-state index contributed by atoms with van der Waals surface area (Å²) in [6.45, 7) is 2.12. The number of nitrogens with zero attached hydrogens (tertiary/aromatic N) is 1. The molecule has 1 atom stereocenters. The number of aromatic amines is 1. The molecular formula is C14H16N2O2. The Morgan fingerprint density at radius 3 is 3.00 bits per heavy atom. The van der Waals surface area contributed by atoms with Crippen molar-refractivity contribution in [3.05, 3.63) is 35.5 Å². The number of carbonyl (C=O) groups excluding carboxylic acids is 1. The zero-order valence-corrected chi connectivity index (χ0v) is 10.3. The van der Waals surface area contributed by atoms with Crippen LogP contribution in [0.3, 0.4) is 0 Å². The molecule has 2 aromatic rings. The fourth-order valence-corrected chi connectivity index (χ4v) is 2.80. The van der Waals surface area contributed by atoms with E-state index >= 15 is 0 Å². The van der Waals surface area contributed by atoms with Gasteiger partial charge in [-0.25, -0.2) is 0 Å². The summed E-state index contributed by atoms with van der Waals surface area (Å²) in [5.41, 5.74) is 3.43. The second kappa shape index (κ2) is 4.14. The summed E-state index contributed by atoms with van der Waals surface area (Å²) < 4.78 is 0. The predicted molar refractivity (Wildman–Crippen MR) is 69.1 cm³/mol. The standard InChI is InChI=1S/C14H16N2O2/c1-9(18)16-7-14-12(6-10(16)8-17)11-4-2-3-5-13(11)15-14/h2-5,10,15,17H,6-8H2,1H3. The molecule has 1 aliphatic heterocycles. The second-order valence-corrected chi connectivity index (χ2v) is 4.82. The lowest BCUT2D eigenvalue weighted by atomic mass is 9.97. The Labute approximate surface area is 105 Å². The molecule has 0 saturated heterocycles. The van der Waals surface area contributed by atoms with Crippen LogP contribution in [-0.2, 0) is 17.8 Å². The molecule has 1 aromatic carbocycles. The first-order valence-electron chi connectivity index (χ1n) is 6.17. The molecule has 0 bridgehead atoms. The molecule has 4 nitrogen and oxygen atoms in total. The van der Waals surface area contributed by atoms with Crippen LogP contribution in [-0.4, -0.2) is 33.5 Å². The quantitative estimate of drug-likeness (QED) is 0.797. The van der Waals surface area contributed by atoms with Gasteiger partial charge in [0.05, 0.1) is 19.2 Å². The minimum atomic E-state index is -0.103. The van der Waals surface area contributed by atoms with Crippen molar-refractivity contribution in [3.63, 3.8) is 0 Å². The number of hydrogen-bond donors (Lipinski definition) is 2. The van der Waals surface area contributed by atoms with Gasteiger partial charge in [0.1, 0.15) is 0 Å². The third-order valence-electron chi connectivity index (χ3n) is 3.73. The van der Waals surface area contributed by atoms with Gasteiger partial charge >= 0.3 is 0 Å². The number of carbonyl (C=O) groups is 1. The van der Waals surface area contributed by atoms with Crippen molar-refractivity contribution in [3.8, 4) is 0 Å². The average molecular weight is 244 g/mol. The number of aliphatic hydroxyl groups is 1. The SMILES string of the molecule is CC(=O)N1Cc2[nH]c3ccccc3c2CC1CO. The van der Waals surface area contributed by atoms with Gasteiger partial charge in [-0.1, -0.05) is 18.2 Å². The molecule has 94 valence electrons. The lowest BCUT2D eigenvalue weighted by molar-refractivity contribution is -0.133. The highest BCUT2D eigenvalue weighted by Gasteiger charge is 2.29. The highest BCUT2D eigenvalue weighted by molar-refractivity contribution is 5.85. The maximum atomic E-state index is 11.6. The normalized spacial score (nSPS) is 19.0. The maximum absolute atomic E-state index is 11.6. The molecule has 0 radical (unpaired) electrons. The predicted octanol–water partition coefficient (Wildman–Crippen LogP) is 1.43. The Hall–Kier alpha value is -1.81. The van der Waals surface area contributed by atoms with E-state index in [4.69, 9.17) is 0 Å².